The predicted molar refractivity (Wildman–Crippen MR) is 102 cm³/mol. The Kier molecular flexibility index (Phi) is 4.19. The average molecular weight is 342 g/mol. The number of rotatable bonds is 4. The number of phenols is 1. The zero-order valence-corrected chi connectivity index (χ0v) is 14.3. The number of aryl methyl sites for hydroxylation is 1. The lowest BCUT2D eigenvalue weighted by molar-refractivity contribution is 0.471. The van der Waals surface area contributed by atoms with Gasteiger partial charge in [-0.2, -0.15) is 0 Å². The maximum Gasteiger partial charge on any atom is 0.147 e. The van der Waals surface area contributed by atoms with Crippen molar-refractivity contribution in [3.8, 4) is 5.75 Å². The number of pyridine rings is 3. The molecule has 26 heavy (non-hydrogen) atoms. The molecule has 0 saturated carbocycles. The minimum Gasteiger partial charge on any atom is -0.505 e. The molecule has 3 heterocycles. The van der Waals surface area contributed by atoms with Gasteiger partial charge in [-0.1, -0.05) is 24.3 Å². The molecule has 0 spiro atoms. The van der Waals surface area contributed by atoms with Crippen LogP contribution in [-0.4, -0.2) is 20.1 Å². The van der Waals surface area contributed by atoms with E-state index in [1.807, 2.05) is 61.5 Å². The van der Waals surface area contributed by atoms with Gasteiger partial charge in [0.25, 0.3) is 0 Å². The summed E-state index contributed by atoms with van der Waals surface area (Å²) in [5.74, 6) is 0.905. The minimum atomic E-state index is -0.278. The van der Waals surface area contributed by atoms with Gasteiger partial charge in [-0.25, -0.2) is 9.97 Å². The molecule has 128 valence electrons. The third-order valence-corrected chi connectivity index (χ3v) is 4.31. The lowest BCUT2D eigenvalue weighted by Gasteiger charge is -2.22. The molecule has 0 bridgehead atoms. The lowest BCUT2D eigenvalue weighted by atomic mass is 9.97. The van der Waals surface area contributed by atoms with Crippen molar-refractivity contribution in [2.24, 2.45) is 0 Å². The first-order valence-electron chi connectivity index (χ1n) is 8.39. The van der Waals surface area contributed by atoms with Crippen LogP contribution in [0.15, 0.2) is 73.2 Å². The Labute approximate surface area is 151 Å². The first-order chi connectivity index (χ1) is 12.7. The van der Waals surface area contributed by atoms with E-state index in [1.54, 1.807) is 18.6 Å². The van der Waals surface area contributed by atoms with Gasteiger partial charge in [0.15, 0.2) is 0 Å². The number of nitrogens with zero attached hydrogens (tertiary/aromatic N) is 3. The van der Waals surface area contributed by atoms with E-state index in [1.165, 1.54) is 0 Å². The van der Waals surface area contributed by atoms with Crippen molar-refractivity contribution in [2.45, 2.75) is 13.0 Å². The van der Waals surface area contributed by atoms with Crippen LogP contribution in [0.2, 0.25) is 0 Å². The van der Waals surface area contributed by atoms with Gasteiger partial charge in [-0.3, -0.25) is 4.98 Å². The second-order valence-electron chi connectivity index (χ2n) is 6.10. The highest BCUT2D eigenvalue weighted by Gasteiger charge is 2.20. The Balaban J connectivity index is 1.86. The Morgan fingerprint density at radius 1 is 0.923 bits per heavy atom. The molecule has 3 aromatic heterocycles. The molecular weight excluding hydrogens is 324 g/mol. The number of aromatic hydroxyl groups is 1. The van der Waals surface area contributed by atoms with Crippen molar-refractivity contribution < 1.29 is 5.11 Å². The molecule has 0 aliphatic heterocycles. The summed E-state index contributed by atoms with van der Waals surface area (Å²) in [7, 11) is 0. The Bertz CT molecular complexity index is 1040. The molecule has 0 amide bonds. The molecule has 5 heteroatoms. The van der Waals surface area contributed by atoms with Crippen molar-refractivity contribution in [2.75, 3.05) is 5.32 Å². The number of aromatic nitrogens is 3. The molecule has 4 rings (SSSR count). The summed E-state index contributed by atoms with van der Waals surface area (Å²) in [5, 5.41) is 15.3. The van der Waals surface area contributed by atoms with Crippen LogP contribution < -0.4 is 5.32 Å². The highest BCUT2D eigenvalue weighted by molar-refractivity contribution is 5.86. The maximum atomic E-state index is 10.9. The van der Waals surface area contributed by atoms with Crippen LogP contribution in [0.4, 0.5) is 5.82 Å². The third kappa shape index (κ3) is 3.07. The predicted octanol–water partition coefficient (Wildman–Crippen LogP) is 4.24. The molecule has 0 saturated heterocycles. The van der Waals surface area contributed by atoms with Crippen molar-refractivity contribution in [3.63, 3.8) is 0 Å². The van der Waals surface area contributed by atoms with Crippen LogP contribution in [0.1, 0.15) is 22.9 Å². The first-order valence-corrected chi connectivity index (χ1v) is 8.39. The second-order valence-corrected chi connectivity index (χ2v) is 6.10. The zero-order valence-electron chi connectivity index (χ0n) is 14.3. The molecule has 4 aromatic rings. The Morgan fingerprint density at radius 2 is 1.73 bits per heavy atom. The largest absolute Gasteiger partial charge is 0.505 e. The second kappa shape index (κ2) is 6.80. The fourth-order valence-electron chi connectivity index (χ4n) is 3.01. The molecule has 1 aromatic carbocycles. The van der Waals surface area contributed by atoms with Crippen molar-refractivity contribution >= 4 is 16.7 Å². The maximum absolute atomic E-state index is 10.9. The van der Waals surface area contributed by atoms with Crippen LogP contribution >= 0.6 is 0 Å². The molecule has 0 fully saturated rings. The van der Waals surface area contributed by atoms with Crippen LogP contribution in [0.5, 0.6) is 5.75 Å². The Morgan fingerprint density at radius 3 is 2.50 bits per heavy atom. The normalized spacial score (nSPS) is 12.0. The monoisotopic (exact) mass is 342 g/mol. The van der Waals surface area contributed by atoms with Crippen LogP contribution in [0.3, 0.4) is 0 Å². The molecule has 0 aliphatic rings. The summed E-state index contributed by atoms with van der Waals surface area (Å²) in [6, 6.07) is 17.1. The number of anilines is 1. The molecule has 0 radical (unpaired) electrons. The quantitative estimate of drug-likeness (QED) is 0.580. The van der Waals surface area contributed by atoms with Crippen LogP contribution in [0, 0.1) is 6.92 Å². The first kappa shape index (κ1) is 16.0. The van der Waals surface area contributed by atoms with Gasteiger partial charge in [-0.05, 0) is 42.8 Å². The van der Waals surface area contributed by atoms with E-state index in [2.05, 4.69) is 20.3 Å². The van der Waals surface area contributed by atoms with Gasteiger partial charge in [0.05, 0.1) is 6.04 Å². The summed E-state index contributed by atoms with van der Waals surface area (Å²) >= 11 is 0. The van der Waals surface area contributed by atoms with Gasteiger partial charge in [0, 0.05) is 35.2 Å². The highest BCUT2D eigenvalue weighted by atomic mass is 16.3. The molecular formula is C21H18N4O. The summed E-state index contributed by atoms with van der Waals surface area (Å²) in [6.45, 7) is 1.91. The van der Waals surface area contributed by atoms with E-state index in [9.17, 15) is 5.11 Å². The van der Waals surface area contributed by atoms with Crippen LogP contribution in [-0.2, 0) is 0 Å². The van der Waals surface area contributed by atoms with E-state index in [-0.39, 0.29) is 11.8 Å². The fourth-order valence-corrected chi connectivity index (χ4v) is 3.01. The standard InChI is InChI=1S/C21H18N4O/c1-14-5-6-15-7-8-17(21(26)20(15)24-14)19(16-9-12-22-13-10-16)25-18-4-2-3-11-23-18/h2-13,19,26H,1H3,(H,23,25)/t19-/m1/s1. The molecule has 5 nitrogen and oxygen atoms in total. The topological polar surface area (TPSA) is 70.9 Å². The average Bonchev–Trinajstić information content (AvgIpc) is 2.69. The summed E-state index contributed by atoms with van der Waals surface area (Å²) in [4.78, 5) is 13.0. The number of fused-ring (bicyclic) bond motifs is 1. The third-order valence-electron chi connectivity index (χ3n) is 4.31. The van der Waals surface area contributed by atoms with Gasteiger partial charge in [0.2, 0.25) is 0 Å². The Hall–Kier alpha value is -3.47. The number of hydrogen-bond donors (Lipinski definition) is 2. The fraction of sp³-hybridized carbons (Fsp3) is 0.0952. The van der Waals surface area contributed by atoms with Crippen molar-refractivity contribution in [1.29, 1.82) is 0 Å². The minimum absolute atomic E-state index is 0.177. The van der Waals surface area contributed by atoms with Crippen LogP contribution in [0.25, 0.3) is 10.9 Å². The number of phenolic OH excluding ortho intramolecular Hbond substituents is 1. The summed E-state index contributed by atoms with van der Waals surface area (Å²) < 4.78 is 0. The van der Waals surface area contributed by atoms with Crippen molar-refractivity contribution in [3.05, 3.63) is 90.0 Å². The molecule has 2 N–H and O–H groups in total. The van der Waals surface area contributed by atoms with E-state index in [0.717, 1.165) is 28.0 Å². The van der Waals surface area contributed by atoms with E-state index >= 15 is 0 Å². The molecule has 1 atom stereocenters. The molecule has 0 aliphatic carbocycles. The summed E-state index contributed by atoms with van der Waals surface area (Å²) in [5.41, 5.74) is 3.19. The van der Waals surface area contributed by atoms with Gasteiger partial charge < -0.3 is 10.4 Å². The summed E-state index contributed by atoms with van der Waals surface area (Å²) in [6.07, 6.45) is 5.21. The van der Waals surface area contributed by atoms with Gasteiger partial charge >= 0.3 is 0 Å². The number of benzene rings is 1. The van der Waals surface area contributed by atoms with E-state index < -0.39 is 0 Å². The molecule has 0 unspecified atom stereocenters. The zero-order chi connectivity index (χ0) is 17.9. The lowest BCUT2D eigenvalue weighted by Crippen LogP contribution is -2.13. The van der Waals surface area contributed by atoms with Gasteiger partial charge in [0.1, 0.15) is 17.1 Å². The smallest absolute Gasteiger partial charge is 0.147 e. The van der Waals surface area contributed by atoms with E-state index in [4.69, 9.17) is 0 Å². The van der Waals surface area contributed by atoms with Gasteiger partial charge in [-0.15, -0.1) is 0 Å². The van der Waals surface area contributed by atoms with Crippen molar-refractivity contribution in [1.82, 2.24) is 15.0 Å². The van der Waals surface area contributed by atoms with E-state index in [0.29, 0.717) is 5.52 Å². The highest BCUT2D eigenvalue weighted by Crippen LogP contribution is 2.36. The number of hydrogen-bond acceptors (Lipinski definition) is 5. The SMILES string of the molecule is Cc1ccc2ccc([C@H](Nc3ccccn3)c3ccncc3)c(O)c2n1. The number of nitrogens with one attached hydrogen (secondary N) is 1.